The fraction of sp³-hybridized carbons (Fsp3) is 0.0769. The molecule has 0 spiro atoms. The largest absolute Gasteiger partial charge is 0.560 e. The highest BCUT2D eigenvalue weighted by molar-refractivity contribution is 6.63. The highest BCUT2D eigenvalue weighted by atomic mass is 16.5. The fourth-order valence-corrected chi connectivity index (χ4v) is 2.10. The summed E-state index contributed by atoms with van der Waals surface area (Å²) < 4.78 is 5.47. The van der Waals surface area contributed by atoms with Gasteiger partial charge in [0.05, 0.1) is 0 Å². The highest BCUT2D eigenvalue weighted by Crippen LogP contribution is 2.33. The molecule has 1 aliphatic rings. The molecule has 2 aromatic rings. The number of hydrogen-bond donors (Lipinski definition) is 1. The first kappa shape index (κ1) is 9.49. The molecular formula is C13H11BO2. The van der Waals surface area contributed by atoms with Crippen molar-refractivity contribution in [2.45, 2.75) is 6.92 Å². The Labute approximate surface area is 94.6 Å². The molecule has 1 aliphatic heterocycles. The molecule has 0 fully saturated rings. The lowest BCUT2D eigenvalue weighted by molar-refractivity contribution is 0.431. The second kappa shape index (κ2) is 3.39. The summed E-state index contributed by atoms with van der Waals surface area (Å²) >= 11 is 0. The van der Waals surface area contributed by atoms with Crippen LogP contribution in [0.5, 0.6) is 5.75 Å². The molecule has 0 atom stereocenters. The Hall–Kier alpha value is -1.74. The minimum Gasteiger partial charge on any atom is -0.532 e. The molecule has 0 unspecified atom stereocenters. The van der Waals surface area contributed by atoms with E-state index in [0.717, 1.165) is 22.3 Å². The molecule has 0 aliphatic carbocycles. The number of benzene rings is 2. The van der Waals surface area contributed by atoms with Crippen LogP contribution in [0.15, 0.2) is 42.5 Å². The van der Waals surface area contributed by atoms with Crippen LogP contribution in [0.2, 0.25) is 0 Å². The van der Waals surface area contributed by atoms with Gasteiger partial charge in [-0.05, 0) is 24.6 Å². The molecule has 0 saturated heterocycles. The smallest absolute Gasteiger partial charge is 0.532 e. The number of fused-ring (bicyclic) bond motifs is 3. The van der Waals surface area contributed by atoms with Crippen LogP contribution in [0.3, 0.4) is 0 Å². The first-order valence-electron chi connectivity index (χ1n) is 5.30. The van der Waals surface area contributed by atoms with Gasteiger partial charge in [0.25, 0.3) is 0 Å². The molecule has 0 amide bonds. The Balaban J connectivity index is 2.29. The SMILES string of the molecule is Cc1ccc2c(c1)-c1ccccc1B(O)O2. The average molecular weight is 210 g/mol. The van der Waals surface area contributed by atoms with Gasteiger partial charge in [-0.3, -0.25) is 0 Å². The van der Waals surface area contributed by atoms with Crippen LogP contribution in [-0.2, 0) is 0 Å². The van der Waals surface area contributed by atoms with Crippen LogP contribution in [0.1, 0.15) is 5.56 Å². The molecular weight excluding hydrogens is 199 g/mol. The quantitative estimate of drug-likeness (QED) is 0.671. The fourth-order valence-electron chi connectivity index (χ4n) is 2.10. The van der Waals surface area contributed by atoms with E-state index in [1.54, 1.807) is 0 Å². The van der Waals surface area contributed by atoms with Gasteiger partial charge in [0.2, 0.25) is 0 Å². The second-order valence-electron chi connectivity index (χ2n) is 4.06. The van der Waals surface area contributed by atoms with Crippen molar-refractivity contribution in [3.8, 4) is 16.9 Å². The van der Waals surface area contributed by atoms with E-state index < -0.39 is 7.12 Å². The standard InChI is InChI=1S/C13H11BO2/c1-9-6-7-13-11(8-9)10-4-2-3-5-12(10)14(15)16-13/h2-8,15H,1H3. The van der Waals surface area contributed by atoms with Gasteiger partial charge in [-0.1, -0.05) is 35.9 Å². The van der Waals surface area contributed by atoms with Gasteiger partial charge in [0.1, 0.15) is 5.75 Å². The van der Waals surface area contributed by atoms with Crippen LogP contribution in [-0.4, -0.2) is 12.1 Å². The molecule has 3 rings (SSSR count). The van der Waals surface area contributed by atoms with Crippen LogP contribution in [0.4, 0.5) is 0 Å². The average Bonchev–Trinajstić information content (AvgIpc) is 2.31. The molecule has 16 heavy (non-hydrogen) atoms. The van der Waals surface area contributed by atoms with Crippen LogP contribution in [0, 0.1) is 6.92 Å². The monoisotopic (exact) mass is 210 g/mol. The van der Waals surface area contributed by atoms with Gasteiger partial charge in [-0.15, -0.1) is 0 Å². The third kappa shape index (κ3) is 1.33. The van der Waals surface area contributed by atoms with Gasteiger partial charge in [0.15, 0.2) is 0 Å². The molecule has 1 N–H and O–H groups in total. The molecule has 3 heteroatoms. The minimum atomic E-state index is -0.855. The number of aryl methyl sites for hydroxylation is 1. The molecule has 2 aromatic carbocycles. The van der Waals surface area contributed by atoms with E-state index in [1.165, 1.54) is 5.56 Å². The summed E-state index contributed by atoms with van der Waals surface area (Å²) in [5.41, 5.74) is 4.13. The van der Waals surface area contributed by atoms with Crippen molar-refractivity contribution in [1.82, 2.24) is 0 Å². The lowest BCUT2D eigenvalue weighted by Gasteiger charge is -2.23. The van der Waals surface area contributed by atoms with E-state index in [-0.39, 0.29) is 0 Å². The summed E-state index contributed by atoms with van der Waals surface area (Å²) in [6.07, 6.45) is 0. The van der Waals surface area contributed by atoms with Crippen molar-refractivity contribution in [3.63, 3.8) is 0 Å². The van der Waals surface area contributed by atoms with E-state index in [2.05, 4.69) is 6.07 Å². The normalized spacial score (nSPS) is 12.8. The topological polar surface area (TPSA) is 29.5 Å². The number of hydrogen-bond acceptors (Lipinski definition) is 2. The zero-order valence-electron chi connectivity index (χ0n) is 8.97. The lowest BCUT2D eigenvalue weighted by atomic mass is 9.72. The first-order chi connectivity index (χ1) is 7.75. The Morgan fingerprint density at radius 2 is 1.88 bits per heavy atom. The van der Waals surface area contributed by atoms with Crippen LogP contribution in [0.25, 0.3) is 11.1 Å². The highest BCUT2D eigenvalue weighted by Gasteiger charge is 2.29. The third-order valence-corrected chi connectivity index (χ3v) is 2.89. The summed E-state index contributed by atoms with van der Waals surface area (Å²) in [6.45, 7) is 2.05. The predicted octanol–water partition coefficient (Wildman–Crippen LogP) is 1.74. The van der Waals surface area contributed by atoms with Crippen molar-refractivity contribution < 1.29 is 9.68 Å². The Morgan fingerprint density at radius 3 is 2.75 bits per heavy atom. The first-order valence-corrected chi connectivity index (χ1v) is 5.30. The molecule has 2 nitrogen and oxygen atoms in total. The maximum absolute atomic E-state index is 9.86. The van der Waals surface area contributed by atoms with Gasteiger partial charge in [-0.2, -0.15) is 0 Å². The van der Waals surface area contributed by atoms with E-state index in [4.69, 9.17) is 4.65 Å². The van der Waals surface area contributed by atoms with Gasteiger partial charge in [0, 0.05) is 11.0 Å². The van der Waals surface area contributed by atoms with E-state index >= 15 is 0 Å². The van der Waals surface area contributed by atoms with Crippen LogP contribution >= 0.6 is 0 Å². The van der Waals surface area contributed by atoms with Gasteiger partial charge < -0.3 is 9.68 Å². The summed E-state index contributed by atoms with van der Waals surface area (Å²) in [6, 6.07) is 13.8. The summed E-state index contributed by atoms with van der Waals surface area (Å²) in [5, 5.41) is 9.86. The molecule has 1 heterocycles. The van der Waals surface area contributed by atoms with E-state index in [0.29, 0.717) is 0 Å². The molecule has 0 saturated carbocycles. The zero-order chi connectivity index (χ0) is 11.1. The number of rotatable bonds is 0. The summed E-state index contributed by atoms with van der Waals surface area (Å²) in [5.74, 6) is 0.747. The molecule has 0 radical (unpaired) electrons. The van der Waals surface area contributed by atoms with E-state index in [9.17, 15) is 5.02 Å². The maximum Gasteiger partial charge on any atom is 0.560 e. The van der Waals surface area contributed by atoms with Crippen LogP contribution < -0.4 is 10.1 Å². The third-order valence-electron chi connectivity index (χ3n) is 2.89. The van der Waals surface area contributed by atoms with Crippen molar-refractivity contribution in [2.75, 3.05) is 0 Å². The lowest BCUT2D eigenvalue weighted by Crippen LogP contribution is -2.40. The van der Waals surface area contributed by atoms with Gasteiger partial charge in [-0.25, -0.2) is 0 Å². The minimum absolute atomic E-state index is 0.747. The summed E-state index contributed by atoms with van der Waals surface area (Å²) in [7, 11) is -0.855. The van der Waals surface area contributed by atoms with Crippen molar-refractivity contribution in [1.29, 1.82) is 0 Å². The van der Waals surface area contributed by atoms with Crippen molar-refractivity contribution in [2.24, 2.45) is 0 Å². The maximum atomic E-state index is 9.86. The Bertz CT molecular complexity index is 551. The van der Waals surface area contributed by atoms with Gasteiger partial charge >= 0.3 is 7.12 Å². The molecule has 78 valence electrons. The zero-order valence-corrected chi connectivity index (χ0v) is 8.97. The predicted molar refractivity (Wildman–Crippen MR) is 64.8 cm³/mol. The Morgan fingerprint density at radius 1 is 1.06 bits per heavy atom. The molecule has 0 aromatic heterocycles. The van der Waals surface area contributed by atoms with E-state index in [1.807, 2.05) is 43.3 Å². The Kier molecular flexibility index (Phi) is 2.01. The van der Waals surface area contributed by atoms with Crippen molar-refractivity contribution in [3.05, 3.63) is 48.0 Å². The van der Waals surface area contributed by atoms with Crippen molar-refractivity contribution >= 4 is 12.6 Å². The second-order valence-corrected chi connectivity index (χ2v) is 4.06. The molecule has 0 bridgehead atoms. The summed E-state index contributed by atoms with van der Waals surface area (Å²) in [4.78, 5) is 0.